The second kappa shape index (κ2) is 8.53. The van der Waals surface area contributed by atoms with Crippen molar-refractivity contribution in [1.82, 2.24) is 10.2 Å². The van der Waals surface area contributed by atoms with E-state index in [9.17, 15) is 4.79 Å². The molecule has 4 nitrogen and oxygen atoms in total. The summed E-state index contributed by atoms with van der Waals surface area (Å²) < 4.78 is 4.94. The molecule has 0 aromatic carbocycles. The van der Waals surface area contributed by atoms with E-state index in [0.29, 0.717) is 13.2 Å². The Morgan fingerprint density at radius 1 is 1.63 bits per heavy atom. The summed E-state index contributed by atoms with van der Waals surface area (Å²) in [5, 5.41) is 7.34. The van der Waals surface area contributed by atoms with E-state index in [4.69, 9.17) is 4.74 Å². The third-order valence-corrected chi connectivity index (χ3v) is 3.96. The minimum atomic E-state index is 0. The molecule has 1 aliphatic heterocycles. The Kier molecular flexibility index (Phi) is 7.38. The Hall–Kier alpha value is -0.620. The zero-order chi connectivity index (χ0) is 12.8. The molecule has 1 atom stereocenters. The molecule has 1 unspecified atom stereocenters. The maximum absolute atomic E-state index is 12.1. The number of carbonyl (C=O) groups excluding carboxylic acids is 1. The molecule has 1 aromatic rings. The highest BCUT2D eigenvalue weighted by Gasteiger charge is 2.29. The van der Waals surface area contributed by atoms with Crippen LogP contribution in [0.25, 0.3) is 0 Å². The maximum Gasteiger partial charge on any atom is 0.237 e. The Morgan fingerprint density at radius 3 is 3.16 bits per heavy atom. The van der Waals surface area contributed by atoms with Gasteiger partial charge in [-0.2, -0.15) is 11.3 Å². The number of thiophene rings is 1. The minimum Gasteiger partial charge on any atom is -0.383 e. The third-order valence-electron chi connectivity index (χ3n) is 3.26. The van der Waals surface area contributed by atoms with Crippen molar-refractivity contribution >= 4 is 29.7 Å². The third kappa shape index (κ3) is 4.45. The van der Waals surface area contributed by atoms with Gasteiger partial charge >= 0.3 is 0 Å². The van der Waals surface area contributed by atoms with Crippen LogP contribution in [0.15, 0.2) is 16.8 Å². The highest BCUT2D eigenvalue weighted by atomic mass is 35.5. The van der Waals surface area contributed by atoms with Gasteiger partial charge in [0.15, 0.2) is 0 Å². The lowest BCUT2D eigenvalue weighted by Crippen LogP contribution is -2.38. The summed E-state index contributed by atoms with van der Waals surface area (Å²) in [7, 11) is 1.66. The summed E-state index contributed by atoms with van der Waals surface area (Å²) in [6, 6.07) is 2.41. The predicted octanol–water partition coefficient (Wildman–Crippen LogP) is 2.07. The van der Waals surface area contributed by atoms with Crippen molar-refractivity contribution in [2.75, 3.05) is 33.4 Å². The summed E-state index contributed by atoms with van der Waals surface area (Å²) in [6.45, 7) is 2.65. The highest BCUT2D eigenvalue weighted by Crippen LogP contribution is 2.32. The maximum atomic E-state index is 12.1. The largest absolute Gasteiger partial charge is 0.383 e. The summed E-state index contributed by atoms with van der Waals surface area (Å²) in [6.07, 6.45) is 2.19. The van der Waals surface area contributed by atoms with Gasteiger partial charge in [0.05, 0.1) is 19.2 Å². The summed E-state index contributed by atoms with van der Waals surface area (Å²) in [4.78, 5) is 14.1. The molecule has 0 aliphatic carbocycles. The fourth-order valence-corrected chi connectivity index (χ4v) is 3.05. The quantitative estimate of drug-likeness (QED) is 0.818. The summed E-state index contributed by atoms with van der Waals surface area (Å²) in [5.74, 6) is 0.194. The van der Waals surface area contributed by atoms with Gasteiger partial charge in [-0.25, -0.2) is 0 Å². The molecule has 1 aliphatic rings. The van der Waals surface area contributed by atoms with E-state index in [2.05, 4.69) is 22.1 Å². The molecule has 1 saturated heterocycles. The molecule has 108 valence electrons. The molecule has 0 saturated carbocycles. The van der Waals surface area contributed by atoms with Crippen molar-refractivity contribution in [2.45, 2.75) is 18.9 Å². The number of halogens is 1. The molecule has 0 spiro atoms. The van der Waals surface area contributed by atoms with Crippen molar-refractivity contribution in [1.29, 1.82) is 0 Å². The van der Waals surface area contributed by atoms with Gasteiger partial charge in [0.25, 0.3) is 0 Å². The lowest BCUT2D eigenvalue weighted by Gasteiger charge is -2.24. The first-order valence-electron chi connectivity index (χ1n) is 6.34. The first-order chi connectivity index (χ1) is 8.83. The van der Waals surface area contributed by atoms with E-state index in [1.165, 1.54) is 5.56 Å². The molecule has 0 bridgehead atoms. The van der Waals surface area contributed by atoms with Crippen molar-refractivity contribution in [2.24, 2.45) is 0 Å². The van der Waals surface area contributed by atoms with Crippen LogP contribution in [0.5, 0.6) is 0 Å². The van der Waals surface area contributed by atoms with E-state index >= 15 is 0 Å². The monoisotopic (exact) mass is 304 g/mol. The van der Waals surface area contributed by atoms with Crippen LogP contribution >= 0.6 is 23.7 Å². The Morgan fingerprint density at radius 2 is 2.47 bits per heavy atom. The Bertz CT molecular complexity index is 373. The molecule has 1 fully saturated rings. The van der Waals surface area contributed by atoms with Crippen molar-refractivity contribution in [3.05, 3.63) is 22.4 Å². The van der Waals surface area contributed by atoms with Crippen LogP contribution in [-0.4, -0.2) is 44.2 Å². The van der Waals surface area contributed by atoms with Gasteiger partial charge in [-0.05, 0) is 35.2 Å². The van der Waals surface area contributed by atoms with E-state index in [-0.39, 0.29) is 24.4 Å². The number of carbonyl (C=O) groups is 1. The van der Waals surface area contributed by atoms with Crippen molar-refractivity contribution in [3.63, 3.8) is 0 Å². The minimum absolute atomic E-state index is 0. The van der Waals surface area contributed by atoms with Gasteiger partial charge in [-0.15, -0.1) is 12.4 Å². The van der Waals surface area contributed by atoms with Crippen LogP contribution < -0.4 is 5.32 Å². The second-order valence-electron chi connectivity index (χ2n) is 4.47. The number of likely N-dealkylation sites (tertiary alicyclic amines) is 1. The van der Waals surface area contributed by atoms with Gasteiger partial charge in [0.1, 0.15) is 0 Å². The number of hydrogen-bond acceptors (Lipinski definition) is 4. The van der Waals surface area contributed by atoms with E-state index < -0.39 is 0 Å². The molecule has 2 rings (SSSR count). The van der Waals surface area contributed by atoms with Crippen LogP contribution in [0.1, 0.15) is 24.4 Å². The standard InChI is InChI=1S/C13H20N2O2S.ClH/c1-17-7-5-14-9-13(16)15-6-2-3-12(15)11-4-8-18-10-11;/h4,8,10,12,14H,2-3,5-7,9H2,1H3;1H. The topological polar surface area (TPSA) is 41.6 Å². The zero-order valence-corrected chi connectivity index (χ0v) is 12.8. The van der Waals surface area contributed by atoms with Crippen molar-refractivity contribution < 1.29 is 9.53 Å². The van der Waals surface area contributed by atoms with Crippen LogP contribution in [-0.2, 0) is 9.53 Å². The smallest absolute Gasteiger partial charge is 0.237 e. The SMILES string of the molecule is COCCNCC(=O)N1CCCC1c1ccsc1.Cl. The van der Waals surface area contributed by atoms with Gasteiger partial charge in [-0.3, -0.25) is 4.79 Å². The fourth-order valence-electron chi connectivity index (χ4n) is 2.35. The molecule has 1 amide bonds. The van der Waals surface area contributed by atoms with E-state index in [1.54, 1.807) is 18.4 Å². The number of rotatable bonds is 6. The molecule has 19 heavy (non-hydrogen) atoms. The number of hydrogen-bond donors (Lipinski definition) is 1. The number of nitrogens with zero attached hydrogens (tertiary/aromatic N) is 1. The van der Waals surface area contributed by atoms with Crippen LogP contribution in [0.2, 0.25) is 0 Å². The zero-order valence-electron chi connectivity index (χ0n) is 11.1. The average molecular weight is 305 g/mol. The molecule has 0 radical (unpaired) electrons. The first kappa shape index (κ1) is 16.4. The molecule has 1 aromatic heterocycles. The second-order valence-corrected chi connectivity index (χ2v) is 5.25. The number of ether oxygens (including phenoxy) is 1. The molecule has 1 N–H and O–H groups in total. The fraction of sp³-hybridized carbons (Fsp3) is 0.615. The van der Waals surface area contributed by atoms with Gasteiger partial charge in [0, 0.05) is 20.2 Å². The first-order valence-corrected chi connectivity index (χ1v) is 7.28. The van der Waals surface area contributed by atoms with Crippen molar-refractivity contribution in [3.8, 4) is 0 Å². The molecule has 6 heteroatoms. The number of methoxy groups -OCH3 is 1. The average Bonchev–Trinajstić information content (AvgIpc) is 3.02. The number of nitrogens with one attached hydrogen (secondary N) is 1. The lowest BCUT2D eigenvalue weighted by atomic mass is 10.1. The lowest BCUT2D eigenvalue weighted by molar-refractivity contribution is -0.131. The highest BCUT2D eigenvalue weighted by molar-refractivity contribution is 7.07. The van der Waals surface area contributed by atoms with Crippen LogP contribution in [0, 0.1) is 0 Å². The Balaban J connectivity index is 0.00000180. The van der Waals surface area contributed by atoms with E-state index in [1.807, 2.05) is 4.90 Å². The van der Waals surface area contributed by atoms with E-state index in [0.717, 1.165) is 25.9 Å². The molecular formula is C13H21ClN2O2S. The number of amides is 1. The summed E-state index contributed by atoms with van der Waals surface area (Å²) in [5.41, 5.74) is 1.28. The van der Waals surface area contributed by atoms with Gasteiger partial charge in [-0.1, -0.05) is 0 Å². The molecule has 2 heterocycles. The van der Waals surface area contributed by atoms with Gasteiger partial charge < -0.3 is 15.0 Å². The Labute approximate surface area is 124 Å². The van der Waals surface area contributed by atoms with Crippen LogP contribution in [0.3, 0.4) is 0 Å². The van der Waals surface area contributed by atoms with Crippen LogP contribution in [0.4, 0.5) is 0 Å². The van der Waals surface area contributed by atoms with Gasteiger partial charge in [0.2, 0.25) is 5.91 Å². The normalized spacial score (nSPS) is 18.4. The predicted molar refractivity (Wildman–Crippen MR) is 80.0 cm³/mol. The molecular weight excluding hydrogens is 284 g/mol. The summed E-state index contributed by atoms with van der Waals surface area (Å²) >= 11 is 1.69.